The molecule has 4 aromatic rings. The van der Waals surface area contributed by atoms with Crippen molar-refractivity contribution in [2.75, 3.05) is 0 Å². The first-order valence-corrected chi connectivity index (χ1v) is 9.81. The van der Waals surface area contributed by atoms with E-state index < -0.39 is 0 Å². The molecule has 4 nitrogen and oxygen atoms in total. The van der Waals surface area contributed by atoms with Crippen LogP contribution >= 0.6 is 11.6 Å². The number of hydrogen-bond acceptors (Lipinski definition) is 3. The molecule has 0 N–H and O–H groups in total. The standard InChI is InChI=1S/C23H17ClFN3O/c1-13-22(14-5-7-18(25)8-6-14)23-26-12-19-20(28(23)27-13)10-16(11-21(19)29)15-3-2-4-17(24)9-15/h2-9,12,16H,10-11H2,1H3. The monoisotopic (exact) mass is 405 g/mol. The number of hydrogen-bond donors (Lipinski definition) is 0. The lowest BCUT2D eigenvalue weighted by atomic mass is 9.82. The highest BCUT2D eigenvalue weighted by Crippen LogP contribution is 2.35. The molecule has 144 valence electrons. The molecule has 0 saturated carbocycles. The topological polar surface area (TPSA) is 47.3 Å². The number of fused-ring (bicyclic) bond motifs is 3. The van der Waals surface area contributed by atoms with Crippen LogP contribution in [-0.4, -0.2) is 20.4 Å². The van der Waals surface area contributed by atoms with Crippen LogP contribution in [0.5, 0.6) is 0 Å². The molecule has 2 aromatic carbocycles. The Morgan fingerprint density at radius 1 is 1.14 bits per heavy atom. The molecule has 5 rings (SSSR count). The highest BCUT2D eigenvalue weighted by molar-refractivity contribution is 6.30. The van der Waals surface area contributed by atoms with Crippen LogP contribution in [0.15, 0.2) is 54.7 Å². The smallest absolute Gasteiger partial charge is 0.166 e. The van der Waals surface area contributed by atoms with Gasteiger partial charge in [0, 0.05) is 23.2 Å². The third-order valence-electron chi connectivity index (χ3n) is 5.54. The summed E-state index contributed by atoms with van der Waals surface area (Å²) < 4.78 is 15.1. The SMILES string of the molecule is Cc1nn2c3c(cnc2c1-c1ccc(F)cc1)C(=O)CC(c1cccc(Cl)c1)C3. The van der Waals surface area contributed by atoms with E-state index in [9.17, 15) is 9.18 Å². The van der Waals surface area contributed by atoms with E-state index in [0.29, 0.717) is 29.1 Å². The molecule has 0 fully saturated rings. The van der Waals surface area contributed by atoms with Gasteiger partial charge in [0.1, 0.15) is 5.82 Å². The third kappa shape index (κ3) is 3.02. The van der Waals surface area contributed by atoms with Crippen LogP contribution in [0.3, 0.4) is 0 Å². The number of ketones is 1. The fraction of sp³-hybridized carbons (Fsp3) is 0.174. The molecule has 6 heteroatoms. The van der Waals surface area contributed by atoms with Crippen LogP contribution < -0.4 is 0 Å². The van der Waals surface area contributed by atoms with E-state index in [4.69, 9.17) is 11.6 Å². The quantitative estimate of drug-likeness (QED) is 0.448. The number of benzene rings is 2. The minimum Gasteiger partial charge on any atom is -0.294 e. The van der Waals surface area contributed by atoms with E-state index in [2.05, 4.69) is 10.1 Å². The van der Waals surface area contributed by atoms with Gasteiger partial charge in [-0.15, -0.1) is 0 Å². The summed E-state index contributed by atoms with van der Waals surface area (Å²) >= 11 is 6.16. The van der Waals surface area contributed by atoms with Crippen LogP contribution in [-0.2, 0) is 6.42 Å². The largest absolute Gasteiger partial charge is 0.294 e. The van der Waals surface area contributed by atoms with Crippen LogP contribution in [0, 0.1) is 12.7 Å². The number of carbonyl (C=O) groups excluding carboxylic acids is 1. The molecular formula is C23H17ClFN3O. The lowest BCUT2D eigenvalue weighted by Crippen LogP contribution is -2.22. The van der Waals surface area contributed by atoms with E-state index in [1.165, 1.54) is 12.1 Å². The highest BCUT2D eigenvalue weighted by Gasteiger charge is 2.30. The van der Waals surface area contributed by atoms with Crippen molar-refractivity contribution in [1.82, 2.24) is 14.6 Å². The van der Waals surface area contributed by atoms with E-state index >= 15 is 0 Å². The van der Waals surface area contributed by atoms with Crippen molar-refractivity contribution in [3.63, 3.8) is 0 Å². The second kappa shape index (κ2) is 6.78. The minimum absolute atomic E-state index is 0.0399. The van der Waals surface area contributed by atoms with Gasteiger partial charge < -0.3 is 0 Å². The van der Waals surface area contributed by atoms with Crippen molar-refractivity contribution in [2.24, 2.45) is 0 Å². The summed E-state index contributed by atoms with van der Waals surface area (Å²) in [4.78, 5) is 17.4. The number of carbonyl (C=O) groups is 1. The Labute approximate surface area is 172 Å². The average molecular weight is 406 g/mol. The predicted octanol–water partition coefficient (Wildman–Crippen LogP) is 5.41. The van der Waals surface area contributed by atoms with E-state index in [1.807, 2.05) is 31.2 Å². The van der Waals surface area contributed by atoms with Crippen LogP contribution in [0.2, 0.25) is 5.02 Å². The maximum Gasteiger partial charge on any atom is 0.166 e. The summed E-state index contributed by atoms with van der Waals surface area (Å²) in [6.07, 6.45) is 2.74. The van der Waals surface area contributed by atoms with Crippen molar-refractivity contribution < 1.29 is 9.18 Å². The molecule has 0 radical (unpaired) electrons. The molecule has 2 heterocycles. The Morgan fingerprint density at radius 2 is 1.93 bits per heavy atom. The summed E-state index contributed by atoms with van der Waals surface area (Å²) in [7, 11) is 0. The summed E-state index contributed by atoms with van der Waals surface area (Å²) in [6, 6.07) is 14.0. The normalized spacial score (nSPS) is 16.2. The number of Topliss-reactive ketones (excluding diaryl/α,β-unsaturated/α-hetero) is 1. The maximum atomic E-state index is 13.4. The second-order valence-corrected chi connectivity index (χ2v) is 7.84. The Balaban J connectivity index is 1.66. The Hall–Kier alpha value is -3.05. The fourth-order valence-electron chi connectivity index (χ4n) is 4.16. The van der Waals surface area contributed by atoms with Crippen molar-refractivity contribution in [1.29, 1.82) is 0 Å². The van der Waals surface area contributed by atoms with Gasteiger partial charge in [0.05, 0.1) is 17.0 Å². The van der Waals surface area contributed by atoms with Crippen molar-refractivity contribution in [3.05, 3.63) is 88.1 Å². The summed E-state index contributed by atoms with van der Waals surface area (Å²) in [5.74, 6) is -0.191. The van der Waals surface area contributed by atoms with E-state index in [0.717, 1.165) is 28.1 Å². The predicted molar refractivity (Wildman–Crippen MR) is 110 cm³/mol. The number of halogens is 2. The summed E-state index contributed by atoms with van der Waals surface area (Å²) in [5.41, 5.74) is 5.67. The molecule has 1 aliphatic carbocycles. The lowest BCUT2D eigenvalue weighted by Gasteiger charge is -2.24. The first-order valence-electron chi connectivity index (χ1n) is 9.43. The third-order valence-corrected chi connectivity index (χ3v) is 5.78. The van der Waals surface area contributed by atoms with Crippen LogP contribution in [0.25, 0.3) is 16.8 Å². The number of nitrogens with zero attached hydrogens (tertiary/aromatic N) is 3. The fourth-order valence-corrected chi connectivity index (χ4v) is 4.35. The van der Waals surface area contributed by atoms with Gasteiger partial charge in [0.2, 0.25) is 0 Å². The zero-order valence-electron chi connectivity index (χ0n) is 15.7. The van der Waals surface area contributed by atoms with Gasteiger partial charge in [-0.3, -0.25) is 4.79 Å². The molecule has 0 amide bonds. The summed E-state index contributed by atoms with van der Waals surface area (Å²) in [6.45, 7) is 1.90. The van der Waals surface area contributed by atoms with Crippen LogP contribution in [0.1, 0.15) is 39.6 Å². The van der Waals surface area contributed by atoms with Gasteiger partial charge >= 0.3 is 0 Å². The number of aromatic nitrogens is 3. The zero-order chi connectivity index (χ0) is 20.1. The van der Waals surface area contributed by atoms with Gasteiger partial charge in [-0.1, -0.05) is 35.9 Å². The second-order valence-electron chi connectivity index (χ2n) is 7.40. The molecule has 29 heavy (non-hydrogen) atoms. The van der Waals surface area contributed by atoms with Crippen LogP contribution in [0.4, 0.5) is 4.39 Å². The molecular weight excluding hydrogens is 389 g/mol. The molecule has 0 saturated heterocycles. The Morgan fingerprint density at radius 3 is 2.69 bits per heavy atom. The van der Waals surface area contributed by atoms with Gasteiger partial charge in [-0.05, 0) is 54.7 Å². The lowest BCUT2D eigenvalue weighted by molar-refractivity contribution is 0.0962. The highest BCUT2D eigenvalue weighted by atomic mass is 35.5. The number of rotatable bonds is 2. The zero-order valence-corrected chi connectivity index (χ0v) is 16.4. The maximum absolute atomic E-state index is 13.4. The van der Waals surface area contributed by atoms with Gasteiger partial charge in [0.15, 0.2) is 11.4 Å². The van der Waals surface area contributed by atoms with Crippen molar-refractivity contribution >= 4 is 23.0 Å². The molecule has 2 aromatic heterocycles. The average Bonchev–Trinajstić information content (AvgIpc) is 3.05. The number of aryl methyl sites for hydroxylation is 1. The minimum atomic E-state index is -0.289. The van der Waals surface area contributed by atoms with Crippen molar-refractivity contribution in [3.8, 4) is 11.1 Å². The van der Waals surface area contributed by atoms with Crippen molar-refractivity contribution in [2.45, 2.75) is 25.7 Å². The summed E-state index contributed by atoms with van der Waals surface area (Å²) in [5, 5.41) is 5.35. The molecule has 0 bridgehead atoms. The van der Waals surface area contributed by atoms with E-state index in [-0.39, 0.29) is 17.5 Å². The molecule has 1 unspecified atom stereocenters. The first kappa shape index (κ1) is 18.0. The molecule has 0 aliphatic heterocycles. The first-order chi connectivity index (χ1) is 14.0. The van der Waals surface area contributed by atoms with Gasteiger partial charge in [-0.25, -0.2) is 13.9 Å². The molecule has 0 spiro atoms. The molecule has 1 atom stereocenters. The Bertz CT molecular complexity index is 1260. The molecule has 1 aliphatic rings. The van der Waals surface area contributed by atoms with Gasteiger partial charge in [0.25, 0.3) is 0 Å². The van der Waals surface area contributed by atoms with Gasteiger partial charge in [-0.2, -0.15) is 5.10 Å². The Kier molecular flexibility index (Phi) is 4.21. The van der Waals surface area contributed by atoms with E-state index in [1.54, 1.807) is 22.8 Å².